The summed E-state index contributed by atoms with van der Waals surface area (Å²) in [4.78, 5) is 11.4. The van der Waals surface area contributed by atoms with E-state index in [1.807, 2.05) is 6.92 Å². The van der Waals surface area contributed by atoms with Gasteiger partial charge in [0.2, 0.25) is 5.91 Å². The van der Waals surface area contributed by atoms with Gasteiger partial charge in [-0.2, -0.15) is 5.10 Å². The Hall–Kier alpha value is -1.07. The Balaban J connectivity index is 2.48. The molecule has 78 valence electrons. The molecule has 1 heterocycles. The van der Waals surface area contributed by atoms with E-state index >= 15 is 0 Å². The van der Waals surface area contributed by atoms with Crippen LogP contribution in [-0.4, -0.2) is 22.1 Å². The van der Waals surface area contributed by atoms with Gasteiger partial charge in [-0.25, -0.2) is 0 Å². The molecule has 0 fully saturated rings. The number of H-pyrrole nitrogens is 1. The summed E-state index contributed by atoms with van der Waals surface area (Å²) in [5.74, 6) is 0.154. The maximum Gasteiger partial charge on any atom is 0.242 e. The zero-order chi connectivity index (χ0) is 10.6. The molecule has 4 N–H and O–H groups in total. The second-order valence-corrected chi connectivity index (χ2v) is 3.39. The third kappa shape index (κ3) is 3.01. The third-order valence-corrected chi connectivity index (χ3v) is 1.93. The van der Waals surface area contributed by atoms with Gasteiger partial charge in [-0.1, -0.05) is 24.9 Å². The zero-order valence-electron chi connectivity index (χ0n) is 7.88. The fourth-order valence-corrected chi connectivity index (χ4v) is 1.17. The lowest BCUT2D eigenvalue weighted by Gasteiger charge is -2.08. The number of carbonyl (C=O) groups excluding carboxylic acids is 1. The Bertz CT molecular complexity index is 312. The molecule has 0 aromatic carbocycles. The largest absolute Gasteiger partial charge is 0.320 e. The molecule has 0 aliphatic rings. The highest BCUT2D eigenvalue weighted by atomic mass is 35.5. The van der Waals surface area contributed by atoms with Crippen molar-refractivity contribution < 1.29 is 4.79 Å². The van der Waals surface area contributed by atoms with Crippen LogP contribution in [0.15, 0.2) is 6.07 Å². The molecule has 1 unspecified atom stereocenters. The van der Waals surface area contributed by atoms with Crippen LogP contribution in [0.25, 0.3) is 0 Å². The van der Waals surface area contributed by atoms with Crippen LogP contribution in [-0.2, 0) is 4.79 Å². The summed E-state index contributed by atoms with van der Waals surface area (Å²) in [7, 11) is 0. The van der Waals surface area contributed by atoms with Crippen LogP contribution >= 0.6 is 11.6 Å². The smallest absolute Gasteiger partial charge is 0.242 e. The van der Waals surface area contributed by atoms with Crippen molar-refractivity contribution in [3.8, 4) is 0 Å². The first kappa shape index (κ1) is 11.0. The molecule has 0 bridgehead atoms. The van der Waals surface area contributed by atoms with E-state index in [0.29, 0.717) is 17.4 Å². The fraction of sp³-hybridized carbons (Fsp3) is 0.500. The first-order valence-corrected chi connectivity index (χ1v) is 4.78. The maximum absolute atomic E-state index is 11.4. The average Bonchev–Trinajstić information content (AvgIpc) is 2.51. The number of amides is 1. The number of anilines is 1. The minimum Gasteiger partial charge on any atom is -0.320 e. The summed E-state index contributed by atoms with van der Waals surface area (Å²) in [5, 5.41) is 9.19. The highest BCUT2D eigenvalue weighted by molar-refractivity contribution is 6.29. The van der Waals surface area contributed by atoms with Crippen molar-refractivity contribution in [2.45, 2.75) is 25.8 Å². The molecule has 1 aromatic heterocycles. The Morgan fingerprint density at radius 2 is 2.57 bits per heavy atom. The van der Waals surface area contributed by atoms with Gasteiger partial charge in [0.25, 0.3) is 0 Å². The van der Waals surface area contributed by atoms with Crippen molar-refractivity contribution in [3.63, 3.8) is 0 Å². The van der Waals surface area contributed by atoms with Gasteiger partial charge in [-0.3, -0.25) is 9.89 Å². The van der Waals surface area contributed by atoms with Gasteiger partial charge < -0.3 is 11.1 Å². The third-order valence-electron chi connectivity index (χ3n) is 1.73. The van der Waals surface area contributed by atoms with Gasteiger partial charge in [-0.05, 0) is 6.42 Å². The van der Waals surface area contributed by atoms with Gasteiger partial charge in [0.1, 0.15) is 5.15 Å². The number of rotatable bonds is 4. The molecule has 0 spiro atoms. The topological polar surface area (TPSA) is 83.8 Å². The van der Waals surface area contributed by atoms with Gasteiger partial charge in [0.15, 0.2) is 5.82 Å². The molecule has 1 amide bonds. The molecular formula is C8H13ClN4O. The molecule has 14 heavy (non-hydrogen) atoms. The molecule has 0 saturated carbocycles. The lowest BCUT2D eigenvalue weighted by atomic mass is 10.2. The second kappa shape index (κ2) is 4.97. The van der Waals surface area contributed by atoms with Gasteiger partial charge in [0, 0.05) is 6.07 Å². The van der Waals surface area contributed by atoms with Gasteiger partial charge in [0.05, 0.1) is 6.04 Å². The number of aromatic amines is 1. The average molecular weight is 217 g/mol. The molecule has 5 nitrogen and oxygen atoms in total. The number of carbonyl (C=O) groups is 1. The van der Waals surface area contributed by atoms with Crippen molar-refractivity contribution in [2.75, 3.05) is 5.32 Å². The number of hydrogen-bond acceptors (Lipinski definition) is 3. The summed E-state index contributed by atoms with van der Waals surface area (Å²) in [5.41, 5.74) is 5.60. The first-order valence-electron chi connectivity index (χ1n) is 4.41. The molecule has 0 aliphatic heterocycles. The molecule has 1 atom stereocenters. The van der Waals surface area contributed by atoms with Crippen LogP contribution in [0.2, 0.25) is 5.15 Å². The van der Waals surface area contributed by atoms with Crippen LogP contribution in [0.4, 0.5) is 5.82 Å². The summed E-state index contributed by atoms with van der Waals surface area (Å²) >= 11 is 5.58. The van der Waals surface area contributed by atoms with E-state index in [2.05, 4.69) is 15.5 Å². The van der Waals surface area contributed by atoms with Crippen molar-refractivity contribution in [2.24, 2.45) is 5.73 Å². The molecule has 6 heteroatoms. The highest BCUT2D eigenvalue weighted by Gasteiger charge is 2.13. The lowest BCUT2D eigenvalue weighted by molar-refractivity contribution is -0.117. The minimum atomic E-state index is -0.490. The molecule has 1 rings (SSSR count). The lowest BCUT2D eigenvalue weighted by Crippen LogP contribution is -2.35. The maximum atomic E-state index is 11.4. The van der Waals surface area contributed by atoms with E-state index in [-0.39, 0.29) is 5.91 Å². The summed E-state index contributed by atoms with van der Waals surface area (Å²) < 4.78 is 0. The zero-order valence-corrected chi connectivity index (χ0v) is 8.64. The predicted octanol–water partition coefficient (Wildman–Crippen LogP) is 1.13. The number of nitrogens with two attached hydrogens (primary N) is 1. The minimum absolute atomic E-state index is 0.241. The molecule has 1 aromatic rings. The van der Waals surface area contributed by atoms with Crippen LogP contribution in [0.5, 0.6) is 0 Å². The van der Waals surface area contributed by atoms with E-state index in [0.717, 1.165) is 6.42 Å². The predicted molar refractivity (Wildman–Crippen MR) is 55.1 cm³/mol. The Morgan fingerprint density at radius 3 is 3.07 bits per heavy atom. The standard InChI is InChI=1S/C8H13ClN4O/c1-2-3-5(10)8(14)11-7-4-6(9)12-13-7/h4-5H,2-3,10H2,1H3,(H2,11,12,13,14). The normalized spacial score (nSPS) is 12.5. The number of nitrogens with zero attached hydrogens (tertiary/aromatic N) is 1. The SMILES string of the molecule is CCCC(N)C(=O)Nc1cc(Cl)[nH]n1. The van der Waals surface area contributed by atoms with Crippen molar-refractivity contribution in [1.29, 1.82) is 0 Å². The number of halogens is 1. The van der Waals surface area contributed by atoms with Crippen molar-refractivity contribution in [3.05, 3.63) is 11.2 Å². The summed E-state index contributed by atoms with van der Waals surface area (Å²) in [6.45, 7) is 1.97. The molecular weight excluding hydrogens is 204 g/mol. The van der Waals surface area contributed by atoms with Crippen LogP contribution in [0.1, 0.15) is 19.8 Å². The highest BCUT2D eigenvalue weighted by Crippen LogP contribution is 2.10. The van der Waals surface area contributed by atoms with Gasteiger partial charge in [-0.15, -0.1) is 0 Å². The molecule has 0 aliphatic carbocycles. The summed E-state index contributed by atoms with van der Waals surface area (Å²) in [6, 6.07) is 1.04. The Labute approximate surface area is 87.0 Å². The number of hydrogen-bond donors (Lipinski definition) is 3. The quantitative estimate of drug-likeness (QED) is 0.706. The van der Waals surface area contributed by atoms with Crippen LogP contribution < -0.4 is 11.1 Å². The summed E-state index contributed by atoms with van der Waals surface area (Å²) in [6.07, 6.45) is 1.53. The van der Waals surface area contributed by atoms with E-state index in [4.69, 9.17) is 17.3 Å². The Kier molecular flexibility index (Phi) is 3.91. The monoisotopic (exact) mass is 216 g/mol. The Morgan fingerprint density at radius 1 is 1.86 bits per heavy atom. The number of aromatic nitrogens is 2. The van der Waals surface area contributed by atoms with Crippen LogP contribution in [0, 0.1) is 0 Å². The van der Waals surface area contributed by atoms with Crippen molar-refractivity contribution in [1.82, 2.24) is 10.2 Å². The second-order valence-electron chi connectivity index (χ2n) is 2.99. The fourth-order valence-electron chi connectivity index (χ4n) is 1.02. The molecule has 0 radical (unpaired) electrons. The van der Waals surface area contributed by atoms with E-state index in [1.165, 1.54) is 6.07 Å². The number of nitrogens with one attached hydrogen (secondary N) is 2. The van der Waals surface area contributed by atoms with Crippen molar-refractivity contribution >= 4 is 23.3 Å². The van der Waals surface area contributed by atoms with Crippen LogP contribution in [0.3, 0.4) is 0 Å². The molecule has 0 saturated heterocycles. The van der Waals surface area contributed by atoms with E-state index in [9.17, 15) is 4.79 Å². The van der Waals surface area contributed by atoms with E-state index in [1.54, 1.807) is 0 Å². The van der Waals surface area contributed by atoms with E-state index < -0.39 is 6.04 Å². The van der Waals surface area contributed by atoms with Gasteiger partial charge >= 0.3 is 0 Å². The first-order chi connectivity index (χ1) is 6.63.